The van der Waals surface area contributed by atoms with Gasteiger partial charge in [0.1, 0.15) is 6.26 Å². The van der Waals surface area contributed by atoms with Crippen molar-refractivity contribution in [3.8, 4) is 0 Å². The summed E-state index contributed by atoms with van der Waals surface area (Å²) in [6, 6.07) is 8.59. The number of aryl methyl sites for hydroxylation is 1. The Morgan fingerprint density at radius 3 is 2.66 bits per heavy atom. The number of rotatable bonds is 8. The molecule has 32 heavy (non-hydrogen) atoms. The lowest BCUT2D eigenvalue weighted by Gasteiger charge is -2.36. The van der Waals surface area contributed by atoms with Gasteiger partial charge >= 0.3 is 0 Å². The van der Waals surface area contributed by atoms with E-state index >= 15 is 0 Å². The quantitative estimate of drug-likeness (QED) is 0.564. The van der Waals surface area contributed by atoms with Crippen molar-refractivity contribution in [1.29, 1.82) is 0 Å². The molecule has 2 aliphatic heterocycles. The van der Waals surface area contributed by atoms with Crippen LogP contribution in [0.15, 0.2) is 78.4 Å². The van der Waals surface area contributed by atoms with Crippen LogP contribution in [-0.4, -0.2) is 47.5 Å². The minimum atomic E-state index is 0.832. The van der Waals surface area contributed by atoms with Crippen molar-refractivity contribution < 1.29 is 9.47 Å². The zero-order valence-electron chi connectivity index (χ0n) is 18.8. The van der Waals surface area contributed by atoms with E-state index in [1.807, 2.05) is 0 Å². The Hall–Kier alpha value is -2.92. The highest BCUT2D eigenvalue weighted by atomic mass is 16.6. The lowest BCUT2D eigenvalue weighted by atomic mass is 10.0. The predicted molar refractivity (Wildman–Crippen MR) is 129 cm³/mol. The molecule has 0 unspecified atom stereocenters. The second-order valence-corrected chi connectivity index (χ2v) is 8.83. The number of aromatic nitrogens is 1. The first kappa shape index (κ1) is 21.0. The molecule has 5 heteroatoms. The summed E-state index contributed by atoms with van der Waals surface area (Å²) in [5, 5.41) is 1.38. The zero-order chi connectivity index (χ0) is 21.6. The van der Waals surface area contributed by atoms with E-state index in [9.17, 15) is 0 Å². The Kier molecular flexibility index (Phi) is 6.63. The van der Waals surface area contributed by atoms with Gasteiger partial charge in [-0.1, -0.05) is 42.8 Å². The Bertz CT molecular complexity index is 1040. The smallest absolute Gasteiger partial charge is 0.231 e. The summed E-state index contributed by atoms with van der Waals surface area (Å²) < 4.78 is 11.8. The van der Waals surface area contributed by atoms with E-state index < -0.39 is 0 Å². The maximum absolute atomic E-state index is 5.91. The highest BCUT2D eigenvalue weighted by molar-refractivity contribution is 5.82. The van der Waals surface area contributed by atoms with Gasteiger partial charge in [0, 0.05) is 43.3 Å². The summed E-state index contributed by atoms with van der Waals surface area (Å²) in [6.07, 6.45) is 19.1. The predicted octanol–water partition coefficient (Wildman–Crippen LogP) is 5.46. The van der Waals surface area contributed by atoms with Gasteiger partial charge in [0.05, 0.1) is 0 Å². The number of para-hydroxylation sites is 1. The Morgan fingerprint density at radius 2 is 1.84 bits per heavy atom. The average Bonchev–Trinajstić information content (AvgIpc) is 3.28. The van der Waals surface area contributed by atoms with Crippen LogP contribution >= 0.6 is 0 Å². The monoisotopic (exact) mass is 431 g/mol. The molecule has 0 radical (unpaired) electrons. The number of aromatic amines is 1. The maximum atomic E-state index is 5.91. The second kappa shape index (κ2) is 10.1. The van der Waals surface area contributed by atoms with Crippen molar-refractivity contribution in [2.45, 2.75) is 38.5 Å². The van der Waals surface area contributed by atoms with Crippen LogP contribution < -0.4 is 0 Å². The fourth-order valence-electron chi connectivity index (χ4n) is 4.75. The van der Waals surface area contributed by atoms with Gasteiger partial charge in [-0.15, -0.1) is 0 Å². The summed E-state index contributed by atoms with van der Waals surface area (Å²) in [7, 11) is 0. The second-order valence-electron chi connectivity index (χ2n) is 8.83. The van der Waals surface area contributed by atoms with E-state index in [1.165, 1.54) is 47.8 Å². The lowest BCUT2D eigenvalue weighted by Crippen LogP contribution is -2.46. The van der Waals surface area contributed by atoms with E-state index in [4.69, 9.17) is 9.47 Å². The normalized spacial score (nSPS) is 19.2. The molecule has 1 aliphatic carbocycles. The number of allylic oxidation sites excluding steroid dienone is 4. The van der Waals surface area contributed by atoms with Crippen molar-refractivity contribution in [2.75, 3.05) is 32.7 Å². The Morgan fingerprint density at radius 1 is 0.938 bits per heavy atom. The first-order valence-electron chi connectivity index (χ1n) is 12.0. The molecule has 3 aliphatic rings. The molecule has 5 rings (SSSR count). The maximum Gasteiger partial charge on any atom is 0.231 e. The fraction of sp³-hybridized carbons (Fsp3) is 0.407. The molecule has 1 aromatic carbocycles. The van der Waals surface area contributed by atoms with Crippen LogP contribution in [-0.2, 0) is 15.9 Å². The summed E-state index contributed by atoms with van der Waals surface area (Å²) in [5.74, 6) is 1.67. The van der Waals surface area contributed by atoms with Crippen molar-refractivity contribution in [1.82, 2.24) is 14.8 Å². The molecule has 0 bridgehead atoms. The molecule has 0 spiro atoms. The standard InChI is InChI=1S/C27H33N3O2/c1-3-9-22(10-4-1)26-20-32-27(21-31-26)30-17-15-29(16-18-30)14-8-2-5-11-23-19-28-25-13-7-6-12-24(23)25/h1,3,6-7,9,12-13,19-21,28H,2,4-5,8,10-11,14-18H2. The van der Waals surface area contributed by atoms with Crippen molar-refractivity contribution in [2.24, 2.45) is 0 Å². The fourth-order valence-corrected chi connectivity index (χ4v) is 4.75. The van der Waals surface area contributed by atoms with Crippen LogP contribution in [0.5, 0.6) is 0 Å². The number of hydrogen-bond donors (Lipinski definition) is 1. The molecule has 2 aromatic rings. The third-order valence-corrected chi connectivity index (χ3v) is 6.68. The number of ether oxygens (including phenoxy) is 2. The van der Waals surface area contributed by atoms with Gasteiger partial charge in [-0.2, -0.15) is 0 Å². The van der Waals surface area contributed by atoms with Gasteiger partial charge in [-0.3, -0.25) is 4.90 Å². The van der Waals surface area contributed by atoms with Crippen molar-refractivity contribution in [3.63, 3.8) is 0 Å². The van der Waals surface area contributed by atoms with E-state index in [-0.39, 0.29) is 0 Å². The largest absolute Gasteiger partial charge is 0.456 e. The molecule has 0 saturated carbocycles. The minimum absolute atomic E-state index is 0.832. The molecule has 5 nitrogen and oxygen atoms in total. The molecular weight excluding hydrogens is 398 g/mol. The Labute approximate surface area is 190 Å². The van der Waals surface area contributed by atoms with Crippen LogP contribution in [0.2, 0.25) is 0 Å². The third-order valence-electron chi connectivity index (χ3n) is 6.68. The number of H-pyrrole nitrogens is 1. The van der Waals surface area contributed by atoms with Crippen LogP contribution in [0, 0.1) is 0 Å². The first-order chi connectivity index (χ1) is 15.9. The van der Waals surface area contributed by atoms with E-state index in [2.05, 4.69) is 63.5 Å². The molecule has 168 valence electrons. The van der Waals surface area contributed by atoms with Crippen LogP contribution in [0.1, 0.15) is 37.7 Å². The number of hydrogen-bond acceptors (Lipinski definition) is 4. The van der Waals surface area contributed by atoms with Gasteiger partial charge < -0.3 is 19.4 Å². The number of fused-ring (bicyclic) bond motifs is 1. The minimum Gasteiger partial charge on any atom is -0.456 e. The molecule has 3 heterocycles. The molecule has 1 saturated heterocycles. The molecule has 1 aromatic heterocycles. The SMILES string of the molecule is C1=CCCC(C2=COC(N3CCN(CCCCCc4c[nH]c5ccccc45)CC3)=CO2)=C1. The van der Waals surface area contributed by atoms with E-state index in [1.54, 1.807) is 12.5 Å². The van der Waals surface area contributed by atoms with Gasteiger partial charge in [0.25, 0.3) is 0 Å². The summed E-state index contributed by atoms with van der Waals surface area (Å²) in [6.45, 7) is 5.31. The molecule has 0 amide bonds. The van der Waals surface area contributed by atoms with Gasteiger partial charge in [0.2, 0.25) is 5.88 Å². The number of unbranched alkanes of at least 4 members (excludes halogenated alkanes) is 2. The van der Waals surface area contributed by atoms with Gasteiger partial charge in [-0.05, 0) is 55.9 Å². The molecule has 1 fully saturated rings. The number of nitrogens with zero attached hydrogens (tertiary/aromatic N) is 2. The van der Waals surface area contributed by atoms with Crippen molar-refractivity contribution >= 4 is 10.9 Å². The van der Waals surface area contributed by atoms with Gasteiger partial charge in [-0.25, -0.2) is 0 Å². The zero-order valence-corrected chi connectivity index (χ0v) is 18.8. The van der Waals surface area contributed by atoms with Crippen LogP contribution in [0.25, 0.3) is 10.9 Å². The average molecular weight is 432 g/mol. The first-order valence-corrected chi connectivity index (χ1v) is 12.0. The van der Waals surface area contributed by atoms with Gasteiger partial charge in [0.15, 0.2) is 12.0 Å². The molecular formula is C27H33N3O2. The summed E-state index contributed by atoms with van der Waals surface area (Å²) in [4.78, 5) is 8.25. The number of nitrogens with one attached hydrogen (secondary N) is 1. The third kappa shape index (κ3) is 4.94. The van der Waals surface area contributed by atoms with Crippen LogP contribution in [0.4, 0.5) is 0 Å². The molecule has 0 atom stereocenters. The number of piperazine rings is 1. The molecule has 1 N–H and O–H groups in total. The van der Waals surface area contributed by atoms with Crippen molar-refractivity contribution in [3.05, 3.63) is 84.0 Å². The topological polar surface area (TPSA) is 40.7 Å². The summed E-state index contributed by atoms with van der Waals surface area (Å²) >= 11 is 0. The summed E-state index contributed by atoms with van der Waals surface area (Å²) in [5.41, 5.74) is 3.90. The van der Waals surface area contributed by atoms with E-state index in [0.29, 0.717) is 0 Å². The Balaban J connectivity index is 0.992. The van der Waals surface area contributed by atoms with Crippen LogP contribution in [0.3, 0.4) is 0 Å². The number of benzene rings is 1. The lowest BCUT2D eigenvalue weighted by molar-refractivity contribution is 0.0839. The highest BCUT2D eigenvalue weighted by Crippen LogP contribution is 2.26. The highest BCUT2D eigenvalue weighted by Gasteiger charge is 2.22. The van der Waals surface area contributed by atoms with E-state index in [0.717, 1.165) is 57.1 Å².